The Bertz CT molecular complexity index is 499. The van der Waals surface area contributed by atoms with Crippen LogP contribution >= 0.6 is 0 Å². The Morgan fingerprint density at radius 3 is 2.50 bits per heavy atom. The lowest BCUT2D eigenvalue weighted by Gasteiger charge is -2.06. The summed E-state index contributed by atoms with van der Waals surface area (Å²) in [4.78, 5) is 11.8. The highest BCUT2D eigenvalue weighted by molar-refractivity contribution is 6.03. The number of nitrogens with one attached hydrogen (secondary N) is 1. The number of benzene rings is 1. The first-order valence-electron chi connectivity index (χ1n) is 4.95. The zero-order valence-electron chi connectivity index (χ0n) is 8.97. The van der Waals surface area contributed by atoms with Crippen molar-refractivity contribution < 1.29 is 4.79 Å². The molecule has 0 aliphatic carbocycles. The number of aromatic nitrogens is 1. The molecule has 0 saturated heterocycles. The van der Waals surface area contributed by atoms with Gasteiger partial charge in [-0.15, -0.1) is 0 Å². The summed E-state index contributed by atoms with van der Waals surface area (Å²) < 4.78 is 1.77. The monoisotopic (exact) mass is 215 g/mol. The molecule has 0 saturated carbocycles. The van der Waals surface area contributed by atoms with Crippen LogP contribution in [0.25, 0.3) is 0 Å². The molecule has 2 rings (SSSR count). The molecule has 0 radical (unpaired) electrons. The number of anilines is 2. The summed E-state index contributed by atoms with van der Waals surface area (Å²) >= 11 is 0. The van der Waals surface area contributed by atoms with Crippen molar-refractivity contribution in [1.82, 2.24) is 4.57 Å². The largest absolute Gasteiger partial charge is 0.399 e. The number of rotatable bonds is 2. The maximum Gasteiger partial charge on any atom is 0.272 e. The van der Waals surface area contributed by atoms with Gasteiger partial charge in [0.25, 0.3) is 5.91 Å². The van der Waals surface area contributed by atoms with Crippen LogP contribution in [0.2, 0.25) is 0 Å². The molecule has 1 heterocycles. The molecule has 0 bridgehead atoms. The van der Waals surface area contributed by atoms with Gasteiger partial charge in [0.05, 0.1) is 0 Å². The lowest BCUT2D eigenvalue weighted by Crippen LogP contribution is -2.15. The Labute approximate surface area is 93.7 Å². The van der Waals surface area contributed by atoms with Crippen LogP contribution in [0.1, 0.15) is 10.5 Å². The predicted octanol–water partition coefficient (Wildman–Crippen LogP) is 1.86. The summed E-state index contributed by atoms with van der Waals surface area (Å²) in [5, 5.41) is 2.80. The summed E-state index contributed by atoms with van der Waals surface area (Å²) in [7, 11) is 1.83. The third-order valence-corrected chi connectivity index (χ3v) is 2.34. The maximum absolute atomic E-state index is 11.8. The van der Waals surface area contributed by atoms with Gasteiger partial charge in [-0.1, -0.05) is 0 Å². The number of amides is 1. The first kappa shape index (κ1) is 10.3. The van der Waals surface area contributed by atoms with Crippen molar-refractivity contribution in [3.05, 3.63) is 48.3 Å². The molecule has 1 amide bonds. The number of nitrogens with two attached hydrogens (primary N) is 1. The van der Waals surface area contributed by atoms with Crippen LogP contribution in [0.4, 0.5) is 11.4 Å². The maximum atomic E-state index is 11.8. The minimum atomic E-state index is -0.128. The van der Waals surface area contributed by atoms with Crippen molar-refractivity contribution in [2.24, 2.45) is 7.05 Å². The number of nitrogens with zero attached hydrogens (tertiary/aromatic N) is 1. The van der Waals surface area contributed by atoms with Crippen molar-refractivity contribution in [2.45, 2.75) is 0 Å². The van der Waals surface area contributed by atoms with Gasteiger partial charge in [-0.05, 0) is 36.4 Å². The van der Waals surface area contributed by atoms with Crippen molar-refractivity contribution in [2.75, 3.05) is 11.1 Å². The molecule has 0 atom stereocenters. The molecule has 2 aromatic rings. The smallest absolute Gasteiger partial charge is 0.272 e. The standard InChI is InChI=1S/C12H13N3O/c1-15-8-2-3-11(15)12(16)14-10-6-4-9(13)5-7-10/h2-8H,13H2,1H3,(H,14,16). The number of hydrogen-bond acceptors (Lipinski definition) is 2. The van der Waals surface area contributed by atoms with Crippen LogP contribution in [0, 0.1) is 0 Å². The van der Waals surface area contributed by atoms with Crippen molar-refractivity contribution in [3.63, 3.8) is 0 Å². The topological polar surface area (TPSA) is 60.0 Å². The van der Waals surface area contributed by atoms with Crippen LogP contribution in [0.5, 0.6) is 0 Å². The predicted molar refractivity (Wildman–Crippen MR) is 64.2 cm³/mol. The van der Waals surface area contributed by atoms with E-state index < -0.39 is 0 Å². The molecule has 4 heteroatoms. The molecule has 4 nitrogen and oxygen atoms in total. The van der Waals surface area contributed by atoms with Crippen LogP contribution in [0.15, 0.2) is 42.6 Å². The third-order valence-electron chi connectivity index (χ3n) is 2.34. The van der Waals surface area contributed by atoms with E-state index in [1.54, 1.807) is 34.9 Å². The molecule has 0 aliphatic heterocycles. The highest BCUT2D eigenvalue weighted by Crippen LogP contribution is 2.12. The lowest BCUT2D eigenvalue weighted by atomic mass is 10.3. The first-order chi connectivity index (χ1) is 7.66. The summed E-state index contributed by atoms with van der Waals surface area (Å²) in [6.45, 7) is 0. The van der Waals surface area contributed by atoms with Gasteiger partial charge in [-0.25, -0.2) is 0 Å². The van der Waals surface area contributed by atoms with E-state index in [0.29, 0.717) is 11.4 Å². The van der Waals surface area contributed by atoms with Gasteiger partial charge in [0.15, 0.2) is 0 Å². The van der Waals surface area contributed by atoms with Gasteiger partial charge in [-0.2, -0.15) is 0 Å². The number of nitrogen functional groups attached to an aromatic ring is 1. The quantitative estimate of drug-likeness (QED) is 0.751. The molecule has 0 fully saturated rings. The lowest BCUT2D eigenvalue weighted by molar-refractivity contribution is 0.101. The second-order valence-corrected chi connectivity index (χ2v) is 3.58. The molecule has 1 aromatic carbocycles. The molecule has 82 valence electrons. The number of carbonyl (C=O) groups excluding carboxylic acids is 1. The second-order valence-electron chi connectivity index (χ2n) is 3.58. The van der Waals surface area contributed by atoms with Crippen molar-refractivity contribution >= 4 is 17.3 Å². The van der Waals surface area contributed by atoms with Gasteiger partial charge < -0.3 is 15.6 Å². The fourth-order valence-corrected chi connectivity index (χ4v) is 1.46. The third kappa shape index (κ3) is 2.06. The number of hydrogen-bond donors (Lipinski definition) is 2. The van der Waals surface area contributed by atoms with E-state index in [-0.39, 0.29) is 5.91 Å². The van der Waals surface area contributed by atoms with E-state index in [2.05, 4.69) is 5.32 Å². The van der Waals surface area contributed by atoms with E-state index in [9.17, 15) is 4.79 Å². The van der Waals surface area contributed by atoms with Crippen LogP contribution < -0.4 is 11.1 Å². The highest BCUT2D eigenvalue weighted by Gasteiger charge is 2.08. The number of aryl methyl sites for hydroxylation is 1. The highest BCUT2D eigenvalue weighted by atomic mass is 16.1. The van der Waals surface area contributed by atoms with Gasteiger partial charge in [0.1, 0.15) is 5.69 Å². The molecule has 1 aromatic heterocycles. The fourth-order valence-electron chi connectivity index (χ4n) is 1.46. The summed E-state index contributed by atoms with van der Waals surface area (Å²) in [6, 6.07) is 10.7. The molecular formula is C12H13N3O. The van der Waals surface area contributed by atoms with Gasteiger partial charge >= 0.3 is 0 Å². The zero-order chi connectivity index (χ0) is 11.5. The van der Waals surface area contributed by atoms with E-state index in [0.717, 1.165) is 5.69 Å². The summed E-state index contributed by atoms with van der Waals surface area (Å²) in [6.07, 6.45) is 1.83. The summed E-state index contributed by atoms with van der Waals surface area (Å²) in [5.74, 6) is -0.128. The zero-order valence-corrected chi connectivity index (χ0v) is 8.97. The Morgan fingerprint density at radius 1 is 1.25 bits per heavy atom. The Hall–Kier alpha value is -2.23. The van der Waals surface area contributed by atoms with Crippen LogP contribution in [-0.2, 0) is 7.05 Å². The molecule has 16 heavy (non-hydrogen) atoms. The van der Waals surface area contributed by atoms with E-state index in [1.807, 2.05) is 19.3 Å². The fraction of sp³-hybridized carbons (Fsp3) is 0.0833. The Kier molecular flexibility index (Phi) is 2.64. The van der Waals surface area contributed by atoms with Gasteiger partial charge in [-0.3, -0.25) is 4.79 Å². The molecular weight excluding hydrogens is 202 g/mol. The van der Waals surface area contributed by atoms with Crippen LogP contribution in [-0.4, -0.2) is 10.5 Å². The van der Waals surface area contributed by atoms with Gasteiger partial charge in [0.2, 0.25) is 0 Å². The van der Waals surface area contributed by atoms with Crippen molar-refractivity contribution in [3.8, 4) is 0 Å². The average Bonchev–Trinajstić information content (AvgIpc) is 2.68. The number of carbonyl (C=O) groups is 1. The first-order valence-corrected chi connectivity index (χ1v) is 4.95. The Balaban J connectivity index is 2.14. The van der Waals surface area contributed by atoms with Crippen molar-refractivity contribution in [1.29, 1.82) is 0 Å². The second kappa shape index (κ2) is 4.10. The summed E-state index contributed by atoms with van der Waals surface area (Å²) in [5.41, 5.74) is 7.60. The minimum Gasteiger partial charge on any atom is -0.399 e. The molecule has 3 N–H and O–H groups in total. The normalized spacial score (nSPS) is 10.1. The van der Waals surface area contributed by atoms with E-state index in [4.69, 9.17) is 5.73 Å². The average molecular weight is 215 g/mol. The SMILES string of the molecule is Cn1cccc1C(=O)Nc1ccc(N)cc1. The molecule has 0 unspecified atom stereocenters. The van der Waals surface area contributed by atoms with Gasteiger partial charge in [0, 0.05) is 24.6 Å². The minimum absolute atomic E-state index is 0.128. The van der Waals surface area contributed by atoms with Crippen LogP contribution in [0.3, 0.4) is 0 Å². The van der Waals surface area contributed by atoms with E-state index >= 15 is 0 Å². The molecule has 0 aliphatic rings. The van der Waals surface area contributed by atoms with E-state index in [1.165, 1.54) is 0 Å². The Morgan fingerprint density at radius 2 is 1.94 bits per heavy atom. The molecule has 0 spiro atoms.